The lowest BCUT2D eigenvalue weighted by Crippen LogP contribution is -2.05. The van der Waals surface area contributed by atoms with Crippen molar-refractivity contribution < 1.29 is 9.53 Å². The monoisotopic (exact) mass is 351 g/mol. The molecule has 0 aliphatic heterocycles. The molecule has 2 aromatic heterocycles. The van der Waals surface area contributed by atoms with Crippen LogP contribution in [0.3, 0.4) is 0 Å². The quantitative estimate of drug-likeness (QED) is 0.596. The Morgan fingerprint density at radius 1 is 1.16 bits per heavy atom. The van der Waals surface area contributed by atoms with Crippen LogP contribution < -0.4 is 4.74 Å². The Morgan fingerprint density at radius 2 is 1.88 bits per heavy atom. The van der Waals surface area contributed by atoms with Gasteiger partial charge in [0.1, 0.15) is 10.6 Å². The van der Waals surface area contributed by atoms with Crippen molar-refractivity contribution in [2.75, 3.05) is 7.11 Å². The number of ether oxygens (including phenoxy) is 1. The fourth-order valence-electron chi connectivity index (χ4n) is 3.88. The number of benzene rings is 1. The second kappa shape index (κ2) is 6.26. The van der Waals surface area contributed by atoms with Crippen LogP contribution in [0.5, 0.6) is 5.75 Å². The Labute approximate surface area is 151 Å². The molecule has 3 nitrogen and oxygen atoms in total. The second-order valence-electron chi connectivity index (χ2n) is 6.62. The maximum Gasteiger partial charge on any atom is 0.162 e. The van der Waals surface area contributed by atoms with E-state index in [2.05, 4.69) is 0 Å². The van der Waals surface area contributed by atoms with Gasteiger partial charge in [-0.25, -0.2) is 4.98 Å². The van der Waals surface area contributed by atoms with E-state index in [1.165, 1.54) is 28.7 Å². The number of hydrogen-bond donors (Lipinski definition) is 0. The molecule has 0 unspecified atom stereocenters. The molecule has 0 saturated heterocycles. The largest absolute Gasteiger partial charge is 0.497 e. The maximum atomic E-state index is 12.5. The fraction of sp³-hybridized carbons (Fsp3) is 0.333. The molecular weight excluding hydrogens is 330 g/mol. The number of thiophene rings is 1. The van der Waals surface area contributed by atoms with Gasteiger partial charge in [-0.15, -0.1) is 11.3 Å². The SMILES string of the molecule is COc1ccc(-c2c(C(C)=O)c(C)nc3sc4c(c23)CCCC4)cc1. The lowest BCUT2D eigenvalue weighted by molar-refractivity contribution is 0.101. The summed E-state index contributed by atoms with van der Waals surface area (Å²) in [6, 6.07) is 8.01. The normalized spacial score (nSPS) is 13.7. The summed E-state index contributed by atoms with van der Waals surface area (Å²) in [6.45, 7) is 3.59. The van der Waals surface area contributed by atoms with Gasteiger partial charge in [-0.05, 0) is 62.8 Å². The van der Waals surface area contributed by atoms with Gasteiger partial charge in [0.25, 0.3) is 0 Å². The van der Waals surface area contributed by atoms with Gasteiger partial charge in [0.05, 0.1) is 12.8 Å². The summed E-state index contributed by atoms with van der Waals surface area (Å²) >= 11 is 1.80. The first-order valence-electron chi connectivity index (χ1n) is 8.70. The van der Waals surface area contributed by atoms with E-state index in [1.807, 2.05) is 31.2 Å². The highest BCUT2D eigenvalue weighted by Gasteiger charge is 2.24. The van der Waals surface area contributed by atoms with Crippen LogP contribution in [0.15, 0.2) is 24.3 Å². The molecule has 0 atom stereocenters. The number of aryl methyl sites for hydroxylation is 3. The van der Waals surface area contributed by atoms with Crippen molar-refractivity contribution in [3.05, 3.63) is 46.0 Å². The number of Topliss-reactive ketones (excluding diaryl/α,β-unsaturated/α-hetero) is 1. The van der Waals surface area contributed by atoms with Crippen LogP contribution >= 0.6 is 11.3 Å². The van der Waals surface area contributed by atoms with Crippen molar-refractivity contribution in [3.8, 4) is 16.9 Å². The minimum atomic E-state index is 0.0773. The summed E-state index contributed by atoms with van der Waals surface area (Å²) in [6.07, 6.45) is 4.67. The number of methoxy groups -OCH3 is 1. The number of hydrogen-bond acceptors (Lipinski definition) is 4. The highest BCUT2D eigenvalue weighted by atomic mass is 32.1. The number of ketones is 1. The van der Waals surface area contributed by atoms with Crippen LogP contribution in [0.2, 0.25) is 0 Å². The highest BCUT2D eigenvalue weighted by molar-refractivity contribution is 7.19. The Bertz CT molecular complexity index is 970. The van der Waals surface area contributed by atoms with Crippen LogP contribution in [0.4, 0.5) is 0 Å². The highest BCUT2D eigenvalue weighted by Crippen LogP contribution is 2.43. The van der Waals surface area contributed by atoms with E-state index < -0.39 is 0 Å². The van der Waals surface area contributed by atoms with Gasteiger partial charge in [0.15, 0.2) is 5.78 Å². The summed E-state index contributed by atoms with van der Waals surface area (Å²) in [5.41, 5.74) is 5.10. The predicted molar refractivity (Wildman–Crippen MR) is 103 cm³/mol. The zero-order chi connectivity index (χ0) is 17.6. The number of rotatable bonds is 3. The average Bonchev–Trinajstić information content (AvgIpc) is 2.98. The van der Waals surface area contributed by atoms with Crippen molar-refractivity contribution in [3.63, 3.8) is 0 Å². The van der Waals surface area contributed by atoms with Gasteiger partial charge in [0, 0.05) is 21.4 Å². The third-order valence-corrected chi connectivity index (χ3v) is 6.20. The second-order valence-corrected chi connectivity index (χ2v) is 7.71. The van der Waals surface area contributed by atoms with E-state index in [0.717, 1.165) is 45.8 Å². The minimum absolute atomic E-state index is 0.0773. The van der Waals surface area contributed by atoms with Crippen LogP contribution in [0.25, 0.3) is 21.3 Å². The maximum absolute atomic E-state index is 12.5. The average molecular weight is 351 g/mol. The summed E-state index contributed by atoms with van der Waals surface area (Å²) in [4.78, 5) is 19.8. The number of nitrogens with zero attached hydrogens (tertiary/aromatic N) is 1. The number of carbonyl (C=O) groups is 1. The number of aromatic nitrogens is 1. The standard InChI is InChI=1S/C21H21NO2S/c1-12-18(13(2)23)19(14-8-10-15(24-3)11-9-14)20-16-6-4-5-7-17(16)25-21(20)22-12/h8-11H,4-7H2,1-3H3. The minimum Gasteiger partial charge on any atom is -0.497 e. The first kappa shape index (κ1) is 16.3. The van der Waals surface area contributed by atoms with Crippen molar-refractivity contribution in [2.45, 2.75) is 39.5 Å². The third kappa shape index (κ3) is 2.65. The van der Waals surface area contributed by atoms with Crippen LogP contribution in [0, 0.1) is 6.92 Å². The van der Waals surface area contributed by atoms with E-state index in [4.69, 9.17) is 9.72 Å². The molecule has 1 aliphatic carbocycles. The molecule has 25 heavy (non-hydrogen) atoms. The molecule has 0 radical (unpaired) electrons. The molecule has 0 bridgehead atoms. The molecule has 4 rings (SSSR count). The summed E-state index contributed by atoms with van der Waals surface area (Å²) in [5.74, 6) is 0.899. The fourth-order valence-corrected chi connectivity index (χ4v) is 5.20. The molecule has 0 fully saturated rings. The van der Waals surface area contributed by atoms with E-state index >= 15 is 0 Å². The summed E-state index contributed by atoms with van der Waals surface area (Å²) in [7, 11) is 1.67. The molecule has 3 aromatic rings. The Kier molecular flexibility index (Phi) is 4.08. The first-order valence-corrected chi connectivity index (χ1v) is 9.52. The molecular formula is C21H21NO2S. The van der Waals surface area contributed by atoms with Crippen molar-refractivity contribution in [1.82, 2.24) is 4.98 Å². The Balaban J connectivity index is 2.08. The Morgan fingerprint density at radius 3 is 2.56 bits per heavy atom. The van der Waals surface area contributed by atoms with E-state index in [1.54, 1.807) is 25.4 Å². The number of fused-ring (bicyclic) bond motifs is 3. The van der Waals surface area contributed by atoms with Crippen LogP contribution in [0.1, 0.15) is 46.3 Å². The molecule has 0 saturated carbocycles. The van der Waals surface area contributed by atoms with Crippen molar-refractivity contribution in [1.29, 1.82) is 0 Å². The zero-order valence-electron chi connectivity index (χ0n) is 14.8. The van der Waals surface area contributed by atoms with Crippen LogP contribution in [-0.4, -0.2) is 17.9 Å². The van der Waals surface area contributed by atoms with Gasteiger partial charge in [0.2, 0.25) is 0 Å². The van der Waals surface area contributed by atoms with Gasteiger partial charge < -0.3 is 4.74 Å². The van der Waals surface area contributed by atoms with Crippen molar-refractivity contribution in [2.24, 2.45) is 0 Å². The lowest BCUT2D eigenvalue weighted by atomic mass is 9.89. The Hall–Kier alpha value is -2.20. The zero-order valence-corrected chi connectivity index (χ0v) is 15.6. The topological polar surface area (TPSA) is 39.2 Å². The molecule has 0 amide bonds. The molecule has 2 heterocycles. The van der Waals surface area contributed by atoms with Crippen molar-refractivity contribution >= 4 is 27.3 Å². The third-order valence-electron chi connectivity index (χ3n) is 5.01. The molecule has 4 heteroatoms. The van der Waals surface area contributed by atoms with Gasteiger partial charge in [-0.2, -0.15) is 0 Å². The summed E-state index contributed by atoms with van der Waals surface area (Å²) < 4.78 is 5.29. The predicted octanol–water partition coefficient (Wildman–Crippen LogP) is 5.36. The summed E-state index contributed by atoms with van der Waals surface area (Å²) in [5, 5.41) is 1.20. The smallest absolute Gasteiger partial charge is 0.162 e. The lowest BCUT2D eigenvalue weighted by Gasteiger charge is -2.16. The van der Waals surface area contributed by atoms with Gasteiger partial charge >= 0.3 is 0 Å². The van der Waals surface area contributed by atoms with Gasteiger partial charge in [-0.3, -0.25) is 4.79 Å². The van der Waals surface area contributed by atoms with E-state index in [0.29, 0.717) is 0 Å². The van der Waals surface area contributed by atoms with E-state index in [9.17, 15) is 4.79 Å². The van der Waals surface area contributed by atoms with Gasteiger partial charge in [-0.1, -0.05) is 12.1 Å². The van der Waals surface area contributed by atoms with Crippen LogP contribution in [-0.2, 0) is 12.8 Å². The molecule has 128 valence electrons. The molecule has 1 aliphatic rings. The number of pyridine rings is 1. The molecule has 0 spiro atoms. The molecule has 0 N–H and O–H groups in total. The molecule has 1 aromatic carbocycles. The van der Waals surface area contributed by atoms with E-state index in [-0.39, 0.29) is 5.78 Å². The number of carbonyl (C=O) groups excluding carboxylic acids is 1. The first-order chi connectivity index (χ1) is 12.1.